The normalized spacial score (nSPS) is 17.0. The highest BCUT2D eigenvalue weighted by molar-refractivity contribution is 5.97. The first-order chi connectivity index (χ1) is 15.8. The molecule has 1 fully saturated rings. The lowest BCUT2D eigenvalue weighted by Crippen LogP contribution is -2.41. The van der Waals surface area contributed by atoms with Crippen LogP contribution in [0.3, 0.4) is 0 Å². The number of aryl methyl sites for hydroxylation is 1. The second kappa shape index (κ2) is 12.9. The molecule has 2 aromatic rings. The van der Waals surface area contributed by atoms with E-state index in [0.29, 0.717) is 17.8 Å². The highest BCUT2D eigenvalue weighted by Gasteiger charge is 2.27. The van der Waals surface area contributed by atoms with Crippen molar-refractivity contribution >= 4 is 29.9 Å². The zero-order chi connectivity index (χ0) is 24.2. The molecule has 3 rings (SSSR count). The van der Waals surface area contributed by atoms with Gasteiger partial charge in [-0.15, -0.1) is 0 Å². The maximum Gasteiger partial charge on any atom is 0.290 e. The summed E-state index contributed by atoms with van der Waals surface area (Å²) in [7, 11) is 0. The summed E-state index contributed by atoms with van der Waals surface area (Å²) in [6, 6.07) is 10.9. The molecular weight excluding hydrogens is 424 g/mol. The molecule has 1 aliphatic carbocycles. The van der Waals surface area contributed by atoms with Crippen LogP contribution < -0.4 is 16.0 Å². The Morgan fingerprint density at radius 2 is 1.82 bits per heavy atom. The summed E-state index contributed by atoms with van der Waals surface area (Å²) in [5.74, 6) is -0.243. The molecule has 1 saturated carbocycles. The van der Waals surface area contributed by atoms with Gasteiger partial charge < -0.3 is 21.1 Å². The molecule has 0 atom stereocenters. The monoisotopic (exact) mass is 454 g/mol. The molecule has 9 nitrogen and oxygen atoms in total. The van der Waals surface area contributed by atoms with E-state index in [1.165, 1.54) is 6.92 Å². The fourth-order valence-corrected chi connectivity index (χ4v) is 3.79. The van der Waals surface area contributed by atoms with E-state index in [2.05, 4.69) is 20.9 Å². The molecule has 0 saturated heterocycles. The van der Waals surface area contributed by atoms with Crippen molar-refractivity contribution < 1.29 is 24.3 Å². The SMILES string of the molecule is CC(=O)Nc1ccc(C(=O)NC2CCC(C(=O)NCc3ccccn3)CC2)c(C)c1.O=CO. The van der Waals surface area contributed by atoms with Gasteiger partial charge in [-0.1, -0.05) is 6.07 Å². The lowest BCUT2D eigenvalue weighted by atomic mass is 9.85. The van der Waals surface area contributed by atoms with Gasteiger partial charge in [0.15, 0.2) is 0 Å². The van der Waals surface area contributed by atoms with Crippen LogP contribution in [0.2, 0.25) is 0 Å². The molecule has 1 aromatic heterocycles. The Balaban J connectivity index is 0.00000122. The van der Waals surface area contributed by atoms with Crippen molar-refractivity contribution in [1.29, 1.82) is 0 Å². The zero-order valence-electron chi connectivity index (χ0n) is 18.8. The lowest BCUT2D eigenvalue weighted by molar-refractivity contribution is -0.126. The Kier molecular flexibility index (Phi) is 10.0. The summed E-state index contributed by atoms with van der Waals surface area (Å²) in [4.78, 5) is 48.8. The van der Waals surface area contributed by atoms with Crippen LogP contribution in [0.5, 0.6) is 0 Å². The van der Waals surface area contributed by atoms with Gasteiger partial charge in [0, 0.05) is 36.3 Å². The third-order valence-electron chi connectivity index (χ3n) is 5.39. The number of aromatic nitrogens is 1. The Morgan fingerprint density at radius 3 is 2.39 bits per heavy atom. The number of carboxylic acid groups (broad SMARTS) is 1. The molecule has 33 heavy (non-hydrogen) atoms. The quantitative estimate of drug-likeness (QED) is 0.495. The molecule has 176 valence electrons. The van der Waals surface area contributed by atoms with Gasteiger partial charge >= 0.3 is 0 Å². The summed E-state index contributed by atoms with van der Waals surface area (Å²) < 4.78 is 0. The van der Waals surface area contributed by atoms with Gasteiger partial charge in [-0.25, -0.2) is 0 Å². The second-order valence-electron chi connectivity index (χ2n) is 7.88. The number of amides is 3. The van der Waals surface area contributed by atoms with Crippen molar-refractivity contribution in [3.63, 3.8) is 0 Å². The third-order valence-corrected chi connectivity index (χ3v) is 5.39. The topological polar surface area (TPSA) is 137 Å². The van der Waals surface area contributed by atoms with Crippen molar-refractivity contribution in [3.05, 3.63) is 59.4 Å². The number of hydrogen-bond acceptors (Lipinski definition) is 5. The summed E-state index contributed by atoms with van der Waals surface area (Å²) in [6.07, 6.45) is 4.76. The number of nitrogens with one attached hydrogen (secondary N) is 3. The molecule has 9 heteroatoms. The van der Waals surface area contributed by atoms with Crippen molar-refractivity contribution in [1.82, 2.24) is 15.6 Å². The summed E-state index contributed by atoms with van der Waals surface area (Å²) >= 11 is 0. The Labute approximate surface area is 193 Å². The number of pyridine rings is 1. The molecule has 1 heterocycles. The Morgan fingerprint density at radius 1 is 1.12 bits per heavy atom. The van der Waals surface area contributed by atoms with Crippen LogP contribution in [0.4, 0.5) is 5.69 Å². The smallest absolute Gasteiger partial charge is 0.290 e. The van der Waals surface area contributed by atoms with E-state index in [1.54, 1.807) is 24.4 Å². The average Bonchev–Trinajstić information content (AvgIpc) is 2.79. The highest BCUT2D eigenvalue weighted by atomic mass is 16.3. The molecular formula is C24H30N4O5. The van der Waals surface area contributed by atoms with Crippen molar-refractivity contribution in [2.45, 2.75) is 52.1 Å². The van der Waals surface area contributed by atoms with Crippen molar-refractivity contribution in [2.75, 3.05) is 5.32 Å². The Hall–Kier alpha value is -3.75. The predicted molar refractivity (Wildman–Crippen MR) is 123 cm³/mol. The van der Waals surface area contributed by atoms with Gasteiger partial charge in [-0.2, -0.15) is 0 Å². The number of rotatable bonds is 6. The second-order valence-corrected chi connectivity index (χ2v) is 7.88. The van der Waals surface area contributed by atoms with E-state index in [1.807, 2.05) is 25.1 Å². The van der Waals surface area contributed by atoms with E-state index >= 15 is 0 Å². The molecule has 0 spiro atoms. The number of hydrogen-bond donors (Lipinski definition) is 4. The minimum Gasteiger partial charge on any atom is -0.483 e. The molecule has 3 amide bonds. The van der Waals surface area contributed by atoms with Crippen LogP contribution in [0.15, 0.2) is 42.6 Å². The lowest BCUT2D eigenvalue weighted by Gasteiger charge is -2.28. The van der Waals surface area contributed by atoms with Crippen LogP contribution in [0.1, 0.15) is 54.2 Å². The summed E-state index contributed by atoms with van der Waals surface area (Å²) in [5, 5.41) is 15.6. The average molecular weight is 455 g/mol. The van der Waals surface area contributed by atoms with Gasteiger partial charge in [0.05, 0.1) is 12.2 Å². The number of carbonyl (C=O) groups excluding carboxylic acids is 3. The van der Waals surface area contributed by atoms with Crippen LogP contribution in [0, 0.1) is 12.8 Å². The van der Waals surface area contributed by atoms with E-state index in [-0.39, 0.29) is 36.2 Å². The fourth-order valence-electron chi connectivity index (χ4n) is 3.79. The molecule has 1 aromatic carbocycles. The summed E-state index contributed by atoms with van der Waals surface area (Å²) in [5.41, 5.74) is 2.92. The zero-order valence-corrected chi connectivity index (χ0v) is 18.8. The molecule has 0 radical (unpaired) electrons. The minimum absolute atomic E-state index is 0.0273. The predicted octanol–water partition coefficient (Wildman–Crippen LogP) is 2.65. The first-order valence-corrected chi connectivity index (χ1v) is 10.8. The molecule has 0 aliphatic heterocycles. The van der Waals surface area contributed by atoms with E-state index in [0.717, 1.165) is 36.9 Å². The van der Waals surface area contributed by atoms with Crippen LogP contribution in [-0.2, 0) is 20.9 Å². The number of carbonyl (C=O) groups is 4. The van der Waals surface area contributed by atoms with Gasteiger partial charge in [0.2, 0.25) is 11.8 Å². The maximum atomic E-state index is 12.7. The van der Waals surface area contributed by atoms with E-state index < -0.39 is 0 Å². The van der Waals surface area contributed by atoms with Crippen molar-refractivity contribution in [3.8, 4) is 0 Å². The first-order valence-electron chi connectivity index (χ1n) is 10.8. The standard InChI is InChI=1S/C23H28N4O3.CH2O2/c1-15-13-19(26-16(2)28)10-11-21(15)23(30)27-18-8-6-17(7-9-18)22(29)25-14-20-5-3-4-12-24-20;2-1-3/h3-5,10-13,17-18H,6-9,14H2,1-2H3,(H,25,29)(H,26,28)(H,27,30);1H,(H,2,3). The van der Waals surface area contributed by atoms with Crippen molar-refractivity contribution in [2.24, 2.45) is 5.92 Å². The largest absolute Gasteiger partial charge is 0.483 e. The van der Waals surface area contributed by atoms with E-state index in [4.69, 9.17) is 9.90 Å². The fraction of sp³-hybridized carbons (Fsp3) is 0.375. The van der Waals surface area contributed by atoms with Crippen LogP contribution in [-0.4, -0.2) is 40.3 Å². The van der Waals surface area contributed by atoms with Gasteiger partial charge in [-0.05, 0) is 68.5 Å². The molecule has 1 aliphatic rings. The molecule has 0 bridgehead atoms. The minimum atomic E-state index is -0.250. The highest BCUT2D eigenvalue weighted by Crippen LogP contribution is 2.25. The molecule has 4 N–H and O–H groups in total. The van der Waals surface area contributed by atoms with Crippen LogP contribution in [0.25, 0.3) is 0 Å². The third kappa shape index (κ3) is 8.36. The first kappa shape index (κ1) is 25.5. The van der Waals surface area contributed by atoms with E-state index in [9.17, 15) is 14.4 Å². The Bertz CT molecular complexity index is 957. The number of benzene rings is 1. The molecule has 0 unspecified atom stereocenters. The van der Waals surface area contributed by atoms with Gasteiger partial charge in [0.25, 0.3) is 12.4 Å². The number of anilines is 1. The van der Waals surface area contributed by atoms with Gasteiger partial charge in [-0.3, -0.25) is 24.2 Å². The summed E-state index contributed by atoms with van der Waals surface area (Å²) in [6.45, 7) is 3.48. The van der Waals surface area contributed by atoms with Gasteiger partial charge in [0.1, 0.15) is 0 Å². The number of nitrogens with zero attached hydrogens (tertiary/aromatic N) is 1. The maximum absolute atomic E-state index is 12.7. The van der Waals surface area contributed by atoms with Crippen LogP contribution >= 0.6 is 0 Å².